The van der Waals surface area contributed by atoms with Gasteiger partial charge >= 0.3 is 6.18 Å². The van der Waals surface area contributed by atoms with Crippen molar-refractivity contribution in [2.45, 2.75) is 38.8 Å². The monoisotopic (exact) mass is 375 g/mol. The Balaban J connectivity index is 1.96. The highest BCUT2D eigenvalue weighted by Crippen LogP contribution is 2.33. The average molecular weight is 375 g/mol. The minimum Gasteiger partial charge on any atom is -0.310 e. The lowest BCUT2D eigenvalue weighted by Crippen LogP contribution is -2.13. The minimum atomic E-state index is -4.40. The second kappa shape index (κ2) is 7.82. The quantitative estimate of drug-likeness (QED) is 0.575. The molecule has 0 radical (unpaired) electrons. The number of anilines is 1. The van der Waals surface area contributed by atoms with E-state index in [1.807, 2.05) is 6.07 Å². The molecule has 3 aromatic rings. The number of nitrogens with one attached hydrogen (secondary N) is 1. The van der Waals surface area contributed by atoms with E-state index in [1.54, 1.807) is 22.7 Å². The smallest absolute Gasteiger partial charge is 0.310 e. The summed E-state index contributed by atoms with van der Waals surface area (Å²) in [6.45, 7) is 2.06. The molecule has 7 heteroatoms. The molecule has 1 amide bonds. The summed E-state index contributed by atoms with van der Waals surface area (Å²) in [5, 5.41) is 2.88. The molecule has 3 rings (SSSR count). The predicted octanol–water partition coefficient (Wildman–Crippen LogP) is 5.54. The normalized spacial score (nSPS) is 11.7. The average Bonchev–Trinajstić information content (AvgIpc) is 3.00. The number of unbranched alkanes of at least 4 members (excludes halogenated alkanes) is 2. The molecule has 0 unspecified atom stereocenters. The highest BCUT2D eigenvalue weighted by Gasteiger charge is 2.30. The highest BCUT2D eigenvalue weighted by atomic mass is 19.4. The Kier molecular flexibility index (Phi) is 5.48. The third kappa shape index (κ3) is 4.30. The maximum Gasteiger partial charge on any atom is 0.416 e. The van der Waals surface area contributed by atoms with Crippen LogP contribution in [0, 0.1) is 0 Å². The number of aromatic nitrogens is 2. The van der Waals surface area contributed by atoms with E-state index >= 15 is 0 Å². The van der Waals surface area contributed by atoms with Crippen molar-refractivity contribution in [3.05, 3.63) is 54.2 Å². The molecule has 1 N–H and O–H groups in total. The maximum absolute atomic E-state index is 12.8. The fourth-order valence-corrected chi connectivity index (χ4v) is 2.86. The second-order valence-corrected chi connectivity index (χ2v) is 6.32. The van der Waals surface area contributed by atoms with Gasteiger partial charge in [0.1, 0.15) is 17.2 Å². The lowest BCUT2D eigenvalue weighted by molar-refractivity contribution is -0.137. The van der Waals surface area contributed by atoms with E-state index in [-0.39, 0.29) is 5.91 Å². The van der Waals surface area contributed by atoms with Crippen LogP contribution in [0.1, 0.15) is 38.2 Å². The van der Waals surface area contributed by atoms with E-state index in [1.165, 1.54) is 12.1 Å². The SMILES string of the molecule is CCCCCC(=O)Nc1c(-c2ccc(C(F)(F)F)cc2)nc2ccccn12. The summed E-state index contributed by atoms with van der Waals surface area (Å²) in [5.41, 5.74) is 0.839. The number of carbonyl (C=O) groups is 1. The van der Waals surface area contributed by atoms with Gasteiger partial charge in [-0.1, -0.05) is 38.0 Å². The van der Waals surface area contributed by atoms with E-state index in [0.29, 0.717) is 29.1 Å². The van der Waals surface area contributed by atoms with Crippen molar-refractivity contribution >= 4 is 17.4 Å². The lowest BCUT2D eigenvalue weighted by Gasteiger charge is -2.09. The van der Waals surface area contributed by atoms with E-state index in [0.717, 1.165) is 31.4 Å². The van der Waals surface area contributed by atoms with Crippen LogP contribution in [-0.2, 0) is 11.0 Å². The molecule has 0 aliphatic carbocycles. The third-order valence-electron chi connectivity index (χ3n) is 4.28. The van der Waals surface area contributed by atoms with Gasteiger partial charge < -0.3 is 5.32 Å². The molecule has 0 aliphatic heterocycles. The largest absolute Gasteiger partial charge is 0.416 e. The molecule has 2 aromatic heterocycles. The summed E-state index contributed by atoms with van der Waals surface area (Å²) >= 11 is 0. The van der Waals surface area contributed by atoms with Crippen LogP contribution in [0.5, 0.6) is 0 Å². The fourth-order valence-electron chi connectivity index (χ4n) is 2.86. The van der Waals surface area contributed by atoms with Crippen LogP contribution in [0.2, 0.25) is 0 Å². The van der Waals surface area contributed by atoms with Gasteiger partial charge in [0, 0.05) is 18.2 Å². The number of rotatable bonds is 6. The summed E-state index contributed by atoms with van der Waals surface area (Å²) in [5.74, 6) is 0.328. The summed E-state index contributed by atoms with van der Waals surface area (Å²) in [7, 11) is 0. The predicted molar refractivity (Wildman–Crippen MR) is 98.4 cm³/mol. The van der Waals surface area contributed by atoms with Gasteiger partial charge in [0.05, 0.1) is 5.56 Å². The molecule has 0 spiro atoms. The van der Waals surface area contributed by atoms with Crippen LogP contribution in [0.15, 0.2) is 48.7 Å². The van der Waals surface area contributed by atoms with Crippen LogP contribution in [0.4, 0.5) is 19.0 Å². The number of halogens is 3. The van der Waals surface area contributed by atoms with E-state index in [9.17, 15) is 18.0 Å². The molecule has 2 heterocycles. The summed E-state index contributed by atoms with van der Waals surface area (Å²) in [6, 6.07) is 10.2. The number of hydrogen-bond donors (Lipinski definition) is 1. The van der Waals surface area contributed by atoms with Gasteiger partial charge in [-0.2, -0.15) is 13.2 Å². The van der Waals surface area contributed by atoms with Crippen molar-refractivity contribution in [1.29, 1.82) is 0 Å². The first-order chi connectivity index (χ1) is 12.9. The number of benzene rings is 1. The number of fused-ring (bicyclic) bond motifs is 1. The van der Waals surface area contributed by atoms with Gasteiger partial charge in [-0.05, 0) is 30.7 Å². The number of carbonyl (C=O) groups excluding carboxylic acids is 1. The molecular weight excluding hydrogens is 355 g/mol. The van der Waals surface area contributed by atoms with Crippen molar-refractivity contribution < 1.29 is 18.0 Å². The lowest BCUT2D eigenvalue weighted by atomic mass is 10.1. The van der Waals surface area contributed by atoms with Crippen molar-refractivity contribution in [2.75, 3.05) is 5.32 Å². The van der Waals surface area contributed by atoms with E-state index in [4.69, 9.17) is 0 Å². The Bertz CT molecular complexity index is 930. The highest BCUT2D eigenvalue weighted by molar-refractivity contribution is 5.94. The van der Waals surface area contributed by atoms with Gasteiger partial charge in [0.15, 0.2) is 0 Å². The van der Waals surface area contributed by atoms with Crippen LogP contribution >= 0.6 is 0 Å². The molecular formula is C20H20F3N3O. The van der Waals surface area contributed by atoms with Crippen LogP contribution < -0.4 is 5.32 Å². The fraction of sp³-hybridized carbons (Fsp3) is 0.300. The molecule has 1 aromatic carbocycles. The Morgan fingerprint density at radius 2 is 1.85 bits per heavy atom. The summed E-state index contributed by atoms with van der Waals surface area (Å²) in [4.78, 5) is 16.8. The number of amides is 1. The topological polar surface area (TPSA) is 46.4 Å². The van der Waals surface area contributed by atoms with Crippen molar-refractivity contribution in [1.82, 2.24) is 9.38 Å². The molecule has 0 aliphatic rings. The summed E-state index contributed by atoms with van der Waals surface area (Å²) < 4.78 is 40.2. The van der Waals surface area contributed by atoms with Gasteiger partial charge in [-0.15, -0.1) is 0 Å². The van der Waals surface area contributed by atoms with Crippen molar-refractivity contribution in [2.24, 2.45) is 0 Å². The van der Waals surface area contributed by atoms with Crippen molar-refractivity contribution in [3.8, 4) is 11.3 Å². The Morgan fingerprint density at radius 3 is 2.52 bits per heavy atom. The third-order valence-corrected chi connectivity index (χ3v) is 4.28. The van der Waals surface area contributed by atoms with Crippen molar-refractivity contribution in [3.63, 3.8) is 0 Å². The molecule has 0 saturated carbocycles. The zero-order chi connectivity index (χ0) is 19.4. The molecule has 0 atom stereocenters. The number of hydrogen-bond acceptors (Lipinski definition) is 2. The summed E-state index contributed by atoms with van der Waals surface area (Å²) in [6.07, 6.45) is 0.520. The van der Waals surface area contributed by atoms with Gasteiger partial charge in [0.25, 0.3) is 0 Å². The molecule has 27 heavy (non-hydrogen) atoms. The second-order valence-electron chi connectivity index (χ2n) is 6.32. The molecule has 4 nitrogen and oxygen atoms in total. The Hall–Kier alpha value is -2.83. The zero-order valence-corrected chi connectivity index (χ0v) is 14.9. The Labute approximate surface area is 155 Å². The van der Waals surface area contributed by atoms with Crippen LogP contribution in [0.25, 0.3) is 16.9 Å². The number of imidazole rings is 1. The Morgan fingerprint density at radius 1 is 1.11 bits per heavy atom. The van der Waals surface area contributed by atoms with E-state index in [2.05, 4.69) is 17.2 Å². The molecule has 142 valence electrons. The number of alkyl halides is 3. The van der Waals surface area contributed by atoms with Crippen LogP contribution in [-0.4, -0.2) is 15.3 Å². The zero-order valence-electron chi connectivity index (χ0n) is 14.9. The minimum absolute atomic E-state index is 0.137. The van der Waals surface area contributed by atoms with Gasteiger partial charge in [-0.3, -0.25) is 9.20 Å². The first-order valence-corrected chi connectivity index (χ1v) is 8.84. The maximum atomic E-state index is 12.8. The van der Waals surface area contributed by atoms with Crippen LogP contribution in [0.3, 0.4) is 0 Å². The van der Waals surface area contributed by atoms with E-state index < -0.39 is 11.7 Å². The standard InChI is InChI=1S/C20H20F3N3O/c1-2-3-4-8-17(27)25-19-18(24-16-7-5-6-13-26(16)19)14-9-11-15(12-10-14)20(21,22)23/h5-7,9-13H,2-4,8H2,1H3,(H,25,27). The molecule has 0 saturated heterocycles. The number of nitrogens with zero attached hydrogens (tertiary/aromatic N) is 2. The molecule has 0 fully saturated rings. The first kappa shape index (κ1) is 18.9. The van der Waals surface area contributed by atoms with Gasteiger partial charge in [-0.25, -0.2) is 4.98 Å². The first-order valence-electron chi connectivity index (χ1n) is 8.84. The van der Waals surface area contributed by atoms with Gasteiger partial charge in [0.2, 0.25) is 5.91 Å². The number of pyridine rings is 1. The molecule has 0 bridgehead atoms.